The number of rotatable bonds is 13. The van der Waals surface area contributed by atoms with Gasteiger partial charge in [0.2, 0.25) is 11.8 Å². The van der Waals surface area contributed by atoms with E-state index in [-0.39, 0.29) is 23.1 Å². The molecule has 0 aliphatic heterocycles. The van der Waals surface area contributed by atoms with Gasteiger partial charge in [0.1, 0.15) is 18.3 Å². The van der Waals surface area contributed by atoms with Crippen LogP contribution in [0, 0.1) is 6.92 Å². The van der Waals surface area contributed by atoms with Crippen LogP contribution in [0.3, 0.4) is 0 Å². The zero-order chi connectivity index (χ0) is 30.2. The molecule has 0 aliphatic rings. The molecule has 0 aliphatic carbocycles. The average molecular weight is 584 g/mol. The SMILES string of the molecule is CCC(C(=O)NC)N(Cc1ccc(OC)cc1)C(=O)CN(c1ccc(C)cc1)S(=O)(=O)c1ccc(OC)c(OC)c1. The van der Waals surface area contributed by atoms with Crippen molar-refractivity contribution >= 4 is 27.5 Å². The second-order valence-corrected chi connectivity index (χ2v) is 11.1. The number of carbonyl (C=O) groups is 2. The maximum absolute atomic E-state index is 14.1. The molecule has 1 atom stereocenters. The average Bonchev–Trinajstić information content (AvgIpc) is 2.99. The molecule has 2 amide bonds. The quantitative estimate of drug-likeness (QED) is 0.326. The summed E-state index contributed by atoms with van der Waals surface area (Å²) in [6.07, 6.45) is 0.328. The number of hydrogen-bond donors (Lipinski definition) is 1. The van der Waals surface area contributed by atoms with E-state index in [4.69, 9.17) is 14.2 Å². The van der Waals surface area contributed by atoms with Crippen LogP contribution < -0.4 is 23.8 Å². The Morgan fingerprint density at radius 2 is 1.51 bits per heavy atom. The van der Waals surface area contributed by atoms with Gasteiger partial charge in [-0.1, -0.05) is 36.8 Å². The smallest absolute Gasteiger partial charge is 0.264 e. The van der Waals surface area contributed by atoms with Gasteiger partial charge in [-0.15, -0.1) is 0 Å². The van der Waals surface area contributed by atoms with E-state index < -0.39 is 28.5 Å². The summed E-state index contributed by atoms with van der Waals surface area (Å²) in [5.74, 6) is 0.360. The van der Waals surface area contributed by atoms with E-state index in [1.807, 2.05) is 6.92 Å². The van der Waals surface area contributed by atoms with Crippen molar-refractivity contribution < 1.29 is 32.2 Å². The maximum atomic E-state index is 14.1. The Hall–Kier alpha value is -4.25. The molecule has 0 saturated carbocycles. The molecule has 0 radical (unpaired) electrons. The predicted molar refractivity (Wildman–Crippen MR) is 157 cm³/mol. The highest BCUT2D eigenvalue weighted by molar-refractivity contribution is 7.92. The van der Waals surface area contributed by atoms with Crippen molar-refractivity contribution in [2.75, 3.05) is 39.2 Å². The van der Waals surface area contributed by atoms with Gasteiger partial charge in [-0.25, -0.2) is 8.42 Å². The van der Waals surface area contributed by atoms with Crippen LogP contribution in [-0.4, -0.2) is 66.1 Å². The van der Waals surface area contributed by atoms with Gasteiger partial charge in [0.15, 0.2) is 11.5 Å². The van der Waals surface area contributed by atoms with Crippen LogP contribution in [-0.2, 0) is 26.2 Å². The fraction of sp³-hybridized carbons (Fsp3) is 0.333. The van der Waals surface area contributed by atoms with Gasteiger partial charge in [-0.2, -0.15) is 0 Å². The lowest BCUT2D eigenvalue weighted by atomic mass is 10.1. The number of amides is 2. The van der Waals surface area contributed by atoms with Crippen molar-refractivity contribution in [3.8, 4) is 17.2 Å². The van der Waals surface area contributed by atoms with Crippen molar-refractivity contribution in [3.05, 3.63) is 77.9 Å². The molecule has 0 heterocycles. The van der Waals surface area contributed by atoms with E-state index in [1.54, 1.807) is 62.6 Å². The minimum atomic E-state index is -4.26. The van der Waals surface area contributed by atoms with E-state index in [1.165, 1.54) is 44.4 Å². The minimum Gasteiger partial charge on any atom is -0.497 e. The highest BCUT2D eigenvalue weighted by Gasteiger charge is 2.33. The molecule has 0 fully saturated rings. The molecule has 41 heavy (non-hydrogen) atoms. The number of nitrogens with zero attached hydrogens (tertiary/aromatic N) is 2. The molecule has 3 aromatic rings. The summed E-state index contributed by atoms with van der Waals surface area (Å²) in [4.78, 5) is 28.2. The molecular weight excluding hydrogens is 546 g/mol. The topological polar surface area (TPSA) is 114 Å². The molecule has 3 aromatic carbocycles. The minimum absolute atomic E-state index is 0.0800. The summed E-state index contributed by atoms with van der Waals surface area (Å²) in [7, 11) is 1.67. The summed E-state index contributed by atoms with van der Waals surface area (Å²) in [5.41, 5.74) is 1.98. The van der Waals surface area contributed by atoms with E-state index >= 15 is 0 Å². The van der Waals surface area contributed by atoms with Crippen molar-refractivity contribution in [2.45, 2.75) is 37.8 Å². The van der Waals surface area contributed by atoms with Crippen LogP contribution in [0.25, 0.3) is 0 Å². The van der Waals surface area contributed by atoms with Crippen LogP contribution in [0.1, 0.15) is 24.5 Å². The summed E-state index contributed by atoms with van der Waals surface area (Å²) in [6.45, 7) is 3.23. The van der Waals surface area contributed by atoms with Gasteiger partial charge in [-0.05, 0) is 55.3 Å². The summed E-state index contributed by atoms with van der Waals surface area (Å²) in [6, 6.07) is 17.4. The van der Waals surface area contributed by atoms with E-state index in [9.17, 15) is 18.0 Å². The standard InChI is InChI=1S/C30H37N3O7S/c1-7-26(30(35)31-3)32(19-22-10-14-24(38-4)15-11-22)29(34)20-33(23-12-8-21(2)9-13-23)41(36,37)25-16-17-27(39-5)28(18-25)40-6/h8-18,26H,7,19-20H2,1-6H3,(H,31,35). The van der Waals surface area contributed by atoms with Crippen molar-refractivity contribution in [3.63, 3.8) is 0 Å². The third-order valence-corrected chi connectivity index (χ3v) is 8.46. The lowest BCUT2D eigenvalue weighted by Crippen LogP contribution is -2.51. The van der Waals surface area contributed by atoms with Crippen molar-refractivity contribution in [2.24, 2.45) is 0 Å². The predicted octanol–water partition coefficient (Wildman–Crippen LogP) is 3.77. The number of sulfonamides is 1. The molecule has 220 valence electrons. The Bertz CT molecular complexity index is 1440. The highest BCUT2D eigenvalue weighted by atomic mass is 32.2. The lowest BCUT2D eigenvalue weighted by molar-refractivity contribution is -0.140. The number of anilines is 1. The highest BCUT2D eigenvalue weighted by Crippen LogP contribution is 2.32. The molecule has 10 nitrogen and oxygen atoms in total. The van der Waals surface area contributed by atoms with Gasteiger partial charge in [0, 0.05) is 19.7 Å². The fourth-order valence-corrected chi connectivity index (χ4v) is 5.79. The Balaban J connectivity index is 2.08. The zero-order valence-electron chi connectivity index (χ0n) is 24.2. The Morgan fingerprint density at radius 3 is 2.05 bits per heavy atom. The van der Waals surface area contributed by atoms with Crippen molar-refractivity contribution in [1.82, 2.24) is 10.2 Å². The molecule has 1 N–H and O–H groups in total. The Morgan fingerprint density at radius 1 is 0.878 bits per heavy atom. The first-order valence-corrected chi connectivity index (χ1v) is 14.5. The third kappa shape index (κ3) is 7.29. The molecule has 0 spiro atoms. The molecular formula is C30H37N3O7S. The number of likely N-dealkylation sites (N-methyl/N-ethyl adjacent to an activating group) is 1. The molecule has 1 unspecified atom stereocenters. The number of benzene rings is 3. The molecule has 0 saturated heterocycles. The summed E-state index contributed by atoms with van der Waals surface area (Å²) >= 11 is 0. The molecule has 11 heteroatoms. The number of aryl methyl sites for hydroxylation is 1. The number of hydrogen-bond acceptors (Lipinski definition) is 7. The second-order valence-electron chi connectivity index (χ2n) is 9.27. The van der Waals surface area contributed by atoms with Crippen LogP contribution >= 0.6 is 0 Å². The first kappa shape index (κ1) is 31.3. The third-order valence-electron chi connectivity index (χ3n) is 6.69. The Kier molecular flexibility index (Phi) is 10.6. The number of nitrogens with one attached hydrogen (secondary N) is 1. The fourth-order valence-electron chi connectivity index (χ4n) is 4.36. The van der Waals surface area contributed by atoms with Crippen LogP contribution in [0.5, 0.6) is 17.2 Å². The van der Waals surface area contributed by atoms with Crippen LogP contribution in [0.4, 0.5) is 5.69 Å². The molecule has 3 rings (SSSR count). The summed E-state index contributed by atoms with van der Waals surface area (Å²) < 4.78 is 45.0. The van der Waals surface area contributed by atoms with Gasteiger partial charge in [-0.3, -0.25) is 13.9 Å². The monoisotopic (exact) mass is 583 g/mol. The zero-order valence-corrected chi connectivity index (χ0v) is 25.0. The van der Waals surface area contributed by atoms with E-state index in [0.29, 0.717) is 23.6 Å². The van der Waals surface area contributed by atoms with Crippen LogP contribution in [0.15, 0.2) is 71.6 Å². The van der Waals surface area contributed by atoms with Gasteiger partial charge in [0.05, 0.1) is 31.9 Å². The Labute approximate surface area is 241 Å². The molecule has 0 aromatic heterocycles. The summed E-state index contributed by atoms with van der Waals surface area (Å²) in [5, 5.41) is 2.62. The van der Waals surface area contributed by atoms with Crippen LogP contribution in [0.2, 0.25) is 0 Å². The van der Waals surface area contributed by atoms with Gasteiger partial charge >= 0.3 is 0 Å². The van der Waals surface area contributed by atoms with E-state index in [0.717, 1.165) is 15.4 Å². The lowest BCUT2D eigenvalue weighted by Gasteiger charge is -2.33. The normalized spacial score (nSPS) is 11.8. The second kappa shape index (κ2) is 13.9. The van der Waals surface area contributed by atoms with Gasteiger partial charge < -0.3 is 24.4 Å². The largest absolute Gasteiger partial charge is 0.497 e. The van der Waals surface area contributed by atoms with E-state index in [2.05, 4.69) is 5.32 Å². The molecule has 0 bridgehead atoms. The number of carbonyl (C=O) groups excluding carboxylic acids is 2. The number of ether oxygens (including phenoxy) is 3. The maximum Gasteiger partial charge on any atom is 0.264 e. The first-order chi connectivity index (χ1) is 19.6. The van der Waals surface area contributed by atoms with Gasteiger partial charge in [0.25, 0.3) is 10.0 Å². The van der Waals surface area contributed by atoms with Crippen molar-refractivity contribution in [1.29, 1.82) is 0 Å². The first-order valence-electron chi connectivity index (χ1n) is 13.0. The number of methoxy groups -OCH3 is 3.